The van der Waals surface area contributed by atoms with E-state index in [1.54, 1.807) is 30.0 Å². The zero-order chi connectivity index (χ0) is 35.1. The highest BCUT2D eigenvalue weighted by Crippen LogP contribution is 2.35. The van der Waals surface area contributed by atoms with Crippen molar-refractivity contribution < 1.29 is 37.3 Å². The van der Waals surface area contributed by atoms with Crippen molar-refractivity contribution in [1.29, 1.82) is 0 Å². The Kier molecular flexibility index (Phi) is 11.1. The zero-order valence-corrected chi connectivity index (χ0v) is 27.4. The van der Waals surface area contributed by atoms with Crippen molar-refractivity contribution in [2.75, 3.05) is 37.4 Å². The average Bonchev–Trinajstić information content (AvgIpc) is 3.07. The van der Waals surface area contributed by atoms with Crippen molar-refractivity contribution in [1.82, 2.24) is 9.80 Å². The number of aliphatic hydroxyl groups excluding tert-OH is 1. The fourth-order valence-electron chi connectivity index (χ4n) is 5.56. The van der Waals surface area contributed by atoms with Crippen LogP contribution in [0.15, 0.2) is 97.1 Å². The normalized spacial score (nSPS) is 17.0. The van der Waals surface area contributed by atoms with Gasteiger partial charge < -0.3 is 30.1 Å². The van der Waals surface area contributed by atoms with Gasteiger partial charge in [-0.1, -0.05) is 43.3 Å². The van der Waals surface area contributed by atoms with E-state index in [-0.39, 0.29) is 41.1 Å². The molecule has 0 bridgehead atoms. The number of aliphatic hydroxyl groups is 1. The first-order valence-corrected chi connectivity index (χ1v) is 15.9. The monoisotopic (exact) mass is 676 g/mol. The highest BCUT2D eigenvalue weighted by Gasteiger charge is 2.35. The molecule has 0 saturated carbocycles. The molecule has 0 radical (unpaired) electrons. The van der Waals surface area contributed by atoms with Gasteiger partial charge in [-0.2, -0.15) is 13.2 Å². The van der Waals surface area contributed by atoms with Gasteiger partial charge in [0.15, 0.2) is 5.75 Å². The summed E-state index contributed by atoms with van der Waals surface area (Å²) in [5.41, 5.74) is 0.784. The van der Waals surface area contributed by atoms with Crippen LogP contribution in [0.3, 0.4) is 0 Å². The van der Waals surface area contributed by atoms with Crippen molar-refractivity contribution in [3.8, 4) is 17.2 Å². The van der Waals surface area contributed by atoms with Crippen molar-refractivity contribution in [2.24, 2.45) is 5.92 Å². The summed E-state index contributed by atoms with van der Waals surface area (Å²) in [6.45, 7) is 4.88. The molecule has 0 saturated heterocycles. The van der Waals surface area contributed by atoms with Crippen molar-refractivity contribution in [3.05, 3.63) is 114 Å². The molecular weight excluding hydrogens is 637 g/mol. The van der Waals surface area contributed by atoms with E-state index in [0.717, 1.165) is 41.3 Å². The molecule has 0 unspecified atom stereocenters. The van der Waals surface area contributed by atoms with Crippen LogP contribution in [0.25, 0.3) is 0 Å². The minimum Gasteiger partial charge on any atom is -0.486 e. The second-order valence-corrected chi connectivity index (χ2v) is 12.2. The number of rotatable bonds is 10. The van der Waals surface area contributed by atoms with Crippen molar-refractivity contribution in [3.63, 3.8) is 0 Å². The summed E-state index contributed by atoms with van der Waals surface area (Å²) < 4.78 is 51.4. The summed E-state index contributed by atoms with van der Waals surface area (Å²) in [5, 5.41) is 15.2. The first-order valence-electron chi connectivity index (χ1n) is 15.9. The summed E-state index contributed by atoms with van der Waals surface area (Å²) in [5.74, 6) is 1.09. The van der Waals surface area contributed by atoms with Gasteiger partial charge in [0.25, 0.3) is 5.91 Å². The lowest BCUT2D eigenvalue weighted by molar-refractivity contribution is -0.137. The molecule has 49 heavy (non-hydrogen) atoms. The number of fused-ring (bicyclic) bond motifs is 1. The van der Waals surface area contributed by atoms with E-state index in [1.807, 2.05) is 68.6 Å². The SMILES string of the molecule is C[C@H]1CN([C@@H](C)CO)C(=O)c2cccc(NC(=O)Nc3ccc(C(F)(F)F)cc3)c2O[C@@H]1CN(C)Cc1ccc(Oc2ccccc2)cc1. The molecule has 1 heterocycles. The number of nitrogens with zero attached hydrogens (tertiary/aromatic N) is 2. The molecule has 258 valence electrons. The molecule has 3 N–H and O–H groups in total. The molecule has 0 spiro atoms. The molecule has 0 aromatic heterocycles. The molecule has 4 aromatic carbocycles. The third kappa shape index (κ3) is 9.09. The highest BCUT2D eigenvalue weighted by atomic mass is 19.4. The lowest BCUT2D eigenvalue weighted by Gasteiger charge is -2.38. The van der Waals surface area contributed by atoms with Crippen LogP contribution in [-0.2, 0) is 12.7 Å². The number of hydrogen-bond acceptors (Lipinski definition) is 6. The number of benzene rings is 4. The molecule has 3 atom stereocenters. The van der Waals surface area contributed by atoms with E-state index in [1.165, 1.54) is 0 Å². The van der Waals surface area contributed by atoms with Gasteiger partial charge in [0.05, 0.1) is 29.5 Å². The molecule has 9 nitrogen and oxygen atoms in total. The fraction of sp³-hybridized carbons (Fsp3) is 0.297. The maximum atomic E-state index is 13.8. The van der Waals surface area contributed by atoms with E-state index in [0.29, 0.717) is 19.6 Å². The molecule has 4 aromatic rings. The van der Waals surface area contributed by atoms with Gasteiger partial charge in [-0.25, -0.2) is 4.79 Å². The quantitative estimate of drug-likeness (QED) is 0.161. The first kappa shape index (κ1) is 35.2. The van der Waals surface area contributed by atoms with Crippen LogP contribution in [0.2, 0.25) is 0 Å². The number of alkyl halides is 3. The zero-order valence-electron chi connectivity index (χ0n) is 27.4. The Labute approximate surface area is 283 Å². The van der Waals surface area contributed by atoms with Crippen LogP contribution >= 0.6 is 0 Å². The van der Waals surface area contributed by atoms with E-state index in [2.05, 4.69) is 15.5 Å². The van der Waals surface area contributed by atoms with E-state index in [4.69, 9.17) is 9.47 Å². The van der Waals surface area contributed by atoms with Gasteiger partial charge in [-0.15, -0.1) is 0 Å². The number of urea groups is 1. The number of hydrogen-bond donors (Lipinski definition) is 3. The summed E-state index contributed by atoms with van der Waals surface area (Å²) >= 11 is 0. The van der Waals surface area contributed by atoms with Crippen LogP contribution in [0.1, 0.15) is 35.3 Å². The number of carbonyl (C=O) groups excluding carboxylic acids is 2. The Morgan fingerprint density at radius 1 is 0.980 bits per heavy atom. The number of nitrogens with one attached hydrogen (secondary N) is 2. The standard InChI is InChI=1S/C37H39F3N4O5/c1-24-20-44(25(2)23-45)35(46)31-10-7-11-32(42-36(47)41-28-16-14-27(15-17-28)37(38,39)40)34(31)49-33(24)22-43(3)21-26-12-18-30(19-13-26)48-29-8-5-4-6-9-29/h4-19,24-25,33,45H,20-23H2,1-3H3,(H2,41,42,47)/t24-,25-,33+/m0/s1. The van der Waals surface area contributed by atoms with Gasteiger partial charge >= 0.3 is 12.2 Å². The molecule has 5 rings (SSSR count). The van der Waals surface area contributed by atoms with Gasteiger partial charge in [0.2, 0.25) is 0 Å². The maximum absolute atomic E-state index is 13.8. The summed E-state index contributed by atoms with van der Waals surface area (Å²) in [6.07, 6.45) is -4.94. The van der Waals surface area contributed by atoms with Gasteiger partial charge in [-0.05, 0) is 80.2 Å². The van der Waals surface area contributed by atoms with Crippen molar-refractivity contribution in [2.45, 2.75) is 38.7 Å². The Morgan fingerprint density at radius 3 is 2.31 bits per heavy atom. The Morgan fingerprint density at radius 2 is 1.65 bits per heavy atom. The van der Waals surface area contributed by atoms with Crippen LogP contribution in [-0.4, -0.2) is 65.7 Å². The van der Waals surface area contributed by atoms with Crippen LogP contribution in [0, 0.1) is 5.92 Å². The largest absolute Gasteiger partial charge is 0.486 e. The van der Waals surface area contributed by atoms with Gasteiger partial charge in [-0.3, -0.25) is 9.69 Å². The molecular formula is C37H39F3N4O5. The number of anilines is 2. The third-order valence-electron chi connectivity index (χ3n) is 8.26. The maximum Gasteiger partial charge on any atom is 0.416 e. The van der Waals surface area contributed by atoms with Gasteiger partial charge in [0.1, 0.15) is 17.6 Å². The lowest BCUT2D eigenvalue weighted by Crippen LogP contribution is -2.49. The molecule has 1 aliphatic heterocycles. The second-order valence-electron chi connectivity index (χ2n) is 12.2. The predicted molar refractivity (Wildman–Crippen MR) is 181 cm³/mol. The lowest BCUT2D eigenvalue weighted by atomic mass is 9.99. The summed E-state index contributed by atoms with van der Waals surface area (Å²) in [4.78, 5) is 30.5. The summed E-state index contributed by atoms with van der Waals surface area (Å²) in [6, 6.07) is 25.0. The smallest absolute Gasteiger partial charge is 0.416 e. The average molecular weight is 677 g/mol. The molecule has 12 heteroatoms. The number of amides is 3. The van der Waals surface area contributed by atoms with E-state index >= 15 is 0 Å². The predicted octanol–water partition coefficient (Wildman–Crippen LogP) is 7.49. The Bertz CT molecular complexity index is 1720. The molecule has 3 amide bonds. The molecule has 0 aliphatic carbocycles. The van der Waals surface area contributed by atoms with Crippen LogP contribution in [0.4, 0.5) is 29.3 Å². The molecule has 1 aliphatic rings. The Balaban J connectivity index is 1.34. The number of carbonyl (C=O) groups is 2. The van der Waals surface area contributed by atoms with Gasteiger partial charge in [0, 0.05) is 31.2 Å². The first-order chi connectivity index (χ1) is 23.4. The highest BCUT2D eigenvalue weighted by molar-refractivity contribution is 6.04. The molecule has 0 fully saturated rings. The topological polar surface area (TPSA) is 103 Å². The second kappa shape index (κ2) is 15.4. The minimum absolute atomic E-state index is 0.150. The number of likely N-dealkylation sites (N-methyl/N-ethyl adjacent to an activating group) is 1. The third-order valence-corrected chi connectivity index (χ3v) is 8.26. The minimum atomic E-state index is -4.50. The fourth-order valence-corrected chi connectivity index (χ4v) is 5.56. The van der Waals surface area contributed by atoms with Crippen LogP contribution < -0.4 is 20.1 Å². The number of halogens is 3. The number of para-hydroxylation sites is 2. The number of ether oxygens (including phenoxy) is 2. The Hall–Kier alpha value is -5.07. The summed E-state index contributed by atoms with van der Waals surface area (Å²) in [7, 11) is 1.96. The van der Waals surface area contributed by atoms with E-state index in [9.17, 15) is 27.9 Å². The van der Waals surface area contributed by atoms with Crippen molar-refractivity contribution >= 4 is 23.3 Å². The van der Waals surface area contributed by atoms with Crippen LogP contribution in [0.5, 0.6) is 17.2 Å². The van der Waals surface area contributed by atoms with E-state index < -0.39 is 29.9 Å².